The molecule has 0 saturated heterocycles. The number of hydrogen-bond donors (Lipinski definition) is 3. The average Bonchev–Trinajstić information content (AvgIpc) is 2.68. The van der Waals surface area contributed by atoms with Gasteiger partial charge in [-0.2, -0.15) is 14.8 Å². The van der Waals surface area contributed by atoms with Gasteiger partial charge in [-0.15, -0.1) is 0 Å². The van der Waals surface area contributed by atoms with Crippen LogP contribution in [0.1, 0.15) is 98.3 Å². The van der Waals surface area contributed by atoms with Crippen molar-refractivity contribution in [2.75, 3.05) is 26.4 Å². The minimum Gasteiger partial charge on any atom is -0.374 e. The molecule has 0 bridgehead atoms. The molecule has 8 nitrogen and oxygen atoms in total. The molecule has 0 amide bonds. The smallest absolute Gasteiger partial charge is 0.374 e. The molecule has 0 spiro atoms. The van der Waals surface area contributed by atoms with Crippen LogP contribution in [0.4, 0.5) is 0 Å². The summed E-state index contributed by atoms with van der Waals surface area (Å²) in [5, 5.41) is 0. The summed E-state index contributed by atoms with van der Waals surface area (Å²) in [5.41, 5.74) is 5.48. The first kappa shape index (κ1) is 40.1. The Morgan fingerprint density at radius 2 is 1.09 bits per heavy atom. The molecule has 4 N–H and O–H groups in total. The standard InChI is InChI=1S/C12H25.C9H23NO3Si.Na.H2O4S/c1-3-5-7-9-11-12-10-8-6-4-2;1-4-11-14(12-5-2,13-6-3)9-7-8-10;;1-5(2,3)4/h1,3-12H2,2H3;4-10H2,1-3H3;;(H2,1,2,3,4)/q-1;;+1;. The van der Waals surface area contributed by atoms with E-state index in [1.165, 1.54) is 57.8 Å². The number of rotatable bonds is 18. The number of hydrogen-bond acceptors (Lipinski definition) is 6. The summed E-state index contributed by atoms with van der Waals surface area (Å²) < 4.78 is 48.5. The molecule has 0 aromatic rings. The van der Waals surface area contributed by atoms with Crippen LogP contribution in [-0.2, 0) is 23.7 Å². The number of nitrogens with two attached hydrogens (primary N) is 1. The van der Waals surface area contributed by atoms with Crippen molar-refractivity contribution in [1.82, 2.24) is 0 Å². The first-order valence-electron chi connectivity index (χ1n) is 11.8. The zero-order valence-corrected chi connectivity index (χ0v) is 25.3. The Hall–Kier alpha value is 0.927. The van der Waals surface area contributed by atoms with Gasteiger partial charge < -0.3 is 25.9 Å². The van der Waals surface area contributed by atoms with E-state index in [1.807, 2.05) is 20.8 Å². The molecule has 0 radical (unpaired) electrons. The maximum absolute atomic E-state index is 8.74. The summed E-state index contributed by atoms with van der Waals surface area (Å²) in [7, 11) is -7.06. The summed E-state index contributed by atoms with van der Waals surface area (Å²) in [4.78, 5) is 0. The van der Waals surface area contributed by atoms with E-state index in [2.05, 4.69) is 13.8 Å². The average molecular weight is 512 g/mol. The maximum atomic E-state index is 8.74. The van der Waals surface area contributed by atoms with Gasteiger partial charge in [-0.05, 0) is 33.7 Å². The Balaban J connectivity index is -0.000000199. The molecule has 32 heavy (non-hydrogen) atoms. The number of unbranched alkanes of at least 4 members (excludes halogenated alkanes) is 9. The summed E-state index contributed by atoms with van der Waals surface area (Å²) >= 11 is 0. The molecule has 11 heteroatoms. The first-order chi connectivity index (χ1) is 14.7. The van der Waals surface area contributed by atoms with Crippen LogP contribution in [0.5, 0.6) is 0 Å². The van der Waals surface area contributed by atoms with Gasteiger partial charge in [-0.25, -0.2) is 0 Å². The summed E-state index contributed by atoms with van der Waals surface area (Å²) in [6.07, 6.45) is 14.8. The van der Waals surface area contributed by atoms with Crippen LogP contribution in [0.2, 0.25) is 6.04 Å². The first-order valence-corrected chi connectivity index (χ1v) is 15.1. The fourth-order valence-electron chi connectivity index (χ4n) is 2.81. The quantitative estimate of drug-likeness (QED) is 0.111. The van der Waals surface area contributed by atoms with E-state index in [-0.39, 0.29) is 29.6 Å². The molecule has 0 aliphatic carbocycles. The predicted molar refractivity (Wildman–Crippen MR) is 130 cm³/mol. The van der Waals surface area contributed by atoms with Crippen LogP contribution in [0, 0.1) is 6.92 Å². The van der Waals surface area contributed by atoms with Crippen molar-refractivity contribution >= 4 is 19.2 Å². The van der Waals surface area contributed by atoms with E-state index in [9.17, 15) is 0 Å². The van der Waals surface area contributed by atoms with Gasteiger partial charge in [0.15, 0.2) is 0 Å². The van der Waals surface area contributed by atoms with Crippen molar-refractivity contribution < 1.29 is 60.4 Å². The molecule has 0 aliphatic rings. The molecule has 0 heterocycles. The van der Waals surface area contributed by atoms with Gasteiger partial charge in [-0.3, -0.25) is 9.11 Å². The van der Waals surface area contributed by atoms with Crippen molar-refractivity contribution in [3.8, 4) is 0 Å². The fraction of sp³-hybridized carbons (Fsp3) is 0.952. The Labute approximate surface area is 222 Å². The molecule has 0 rings (SSSR count). The molecule has 0 atom stereocenters. The van der Waals surface area contributed by atoms with Crippen LogP contribution in [0.25, 0.3) is 0 Å². The van der Waals surface area contributed by atoms with Crippen molar-refractivity contribution in [3.63, 3.8) is 0 Å². The SMILES string of the molecule is CCO[Si](CCCN)(OCC)OCC.O=S(=O)(O)O.[CH2-]CCCCCCCCCCC.[Na+]. The van der Waals surface area contributed by atoms with E-state index >= 15 is 0 Å². The fourth-order valence-corrected chi connectivity index (χ4v) is 5.45. The summed E-state index contributed by atoms with van der Waals surface area (Å²) in [5.74, 6) is 0. The van der Waals surface area contributed by atoms with Gasteiger partial charge in [0, 0.05) is 25.9 Å². The summed E-state index contributed by atoms with van der Waals surface area (Å²) in [6, 6.07) is 0.818. The van der Waals surface area contributed by atoms with E-state index in [4.69, 9.17) is 36.5 Å². The van der Waals surface area contributed by atoms with E-state index in [1.54, 1.807) is 0 Å². The van der Waals surface area contributed by atoms with Crippen molar-refractivity contribution in [1.29, 1.82) is 0 Å². The molecule has 0 aromatic heterocycles. The van der Waals surface area contributed by atoms with Crippen LogP contribution in [0.3, 0.4) is 0 Å². The molecule has 0 saturated carbocycles. The van der Waals surface area contributed by atoms with E-state index in [0.29, 0.717) is 26.4 Å². The predicted octanol–water partition coefficient (Wildman–Crippen LogP) is 2.48. The molecular weight excluding hydrogens is 461 g/mol. The largest absolute Gasteiger partial charge is 1.00 e. The second-order valence-electron chi connectivity index (χ2n) is 7.00. The molecule has 192 valence electrons. The molecule has 0 aromatic carbocycles. The topological polar surface area (TPSA) is 128 Å². The Bertz CT molecular complexity index is 411. The van der Waals surface area contributed by atoms with Gasteiger partial charge in [0.25, 0.3) is 0 Å². The van der Waals surface area contributed by atoms with Crippen molar-refractivity contribution in [2.45, 2.75) is 104 Å². The molecule has 0 fully saturated rings. The Morgan fingerprint density at radius 1 is 0.750 bits per heavy atom. The van der Waals surface area contributed by atoms with Crippen LogP contribution < -0.4 is 35.3 Å². The van der Waals surface area contributed by atoms with Crippen LogP contribution in [-0.4, -0.2) is 52.7 Å². The van der Waals surface area contributed by atoms with E-state index < -0.39 is 19.2 Å². The van der Waals surface area contributed by atoms with Crippen molar-refractivity contribution in [2.24, 2.45) is 5.73 Å². The van der Waals surface area contributed by atoms with Gasteiger partial charge in [0.2, 0.25) is 0 Å². The maximum Gasteiger partial charge on any atom is 1.00 e. The van der Waals surface area contributed by atoms with Crippen LogP contribution >= 0.6 is 0 Å². The second-order valence-corrected chi connectivity index (χ2v) is 10.6. The van der Waals surface area contributed by atoms with Crippen LogP contribution in [0.15, 0.2) is 0 Å². The van der Waals surface area contributed by atoms with Gasteiger partial charge in [0.1, 0.15) is 0 Å². The summed E-state index contributed by atoms with van der Waals surface area (Å²) in [6.45, 7) is 14.6. The Morgan fingerprint density at radius 3 is 1.38 bits per heavy atom. The second kappa shape index (κ2) is 30.0. The molecular formula is C21H50NNaO7SSi. The minimum absolute atomic E-state index is 0. The van der Waals surface area contributed by atoms with Gasteiger partial charge >= 0.3 is 48.8 Å². The molecule has 0 unspecified atom stereocenters. The van der Waals surface area contributed by atoms with E-state index in [0.717, 1.165) is 18.9 Å². The zero-order chi connectivity index (χ0) is 24.4. The third-order valence-corrected chi connectivity index (χ3v) is 7.28. The third kappa shape index (κ3) is 38.2. The van der Waals surface area contributed by atoms with Crippen molar-refractivity contribution in [3.05, 3.63) is 6.92 Å². The monoisotopic (exact) mass is 511 g/mol. The van der Waals surface area contributed by atoms with Gasteiger partial charge in [-0.1, -0.05) is 64.7 Å². The minimum atomic E-state index is -4.67. The normalized spacial score (nSPS) is 11.0. The van der Waals surface area contributed by atoms with Gasteiger partial charge in [0.05, 0.1) is 0 Å². The Kier molecular flexibility index (Phi) is 37.6. The molecule has 0 aliphatic heterocycles. The third-order valence-electron chi connectivity index (χ3n) is 4.13. The zero-order valence-electron chi connectivity index (χ0n) is 21.4.